The Kier molecular flexibility index (Phi) is 37.0. The summed E-state index contributed by atoms with van der Waals surface area (Å²) in [6.07, 6.45) is 0. The van der Waals surface area contributed by atoms with Gasteiger partial charge in [0.25, 0.3) is 34.7 Å². The highest BCUT2D eigenvalue weighted by Gasteiger charge is 2.22. The Morgan fingerprint density at radius 1 is 0.378 bits per heavy atom. The second kappa shape index (κ2) is 43.4. The standard InChI is InChI=1S/C53H83N7O22/c1-38-36-42(46(63)52(69)58-38)50(67)55-7-11-60(12-8-56-51(68)43-37-39(2)59-53(70)47(43)64)10-6-54-48(65)40-4-5-41(45(62)44(40)61)49(66)57-9-13-72-16-17-74-20-21-76-24-25-78-28-29-80-32-33-82-35-34-81-31-30-79-27-26-77-23-22-75-19-18-73-15-14-71-3/h4-5,36-37,61-64H,6-35H2,1-3H3,(H,54,65)(H,55,67)(H,56,68)(H,57,66)(H,58,69)(H,59,70). The molecule has 29 heteroatoms. The molecular formula is C53H83N7O22. The highest BCUT2D eigenvalue weighted by molar-refractivity contribution is 6.03. The Labute approximate surface area is 475 Å². The first-order chi connectivity index (χ1) is 39.7. The van der Waals surface area contributed by atoms with Gasteiger partial charge in [-0.2, -0.15) is 0 Å². The first kappa shape index (κ1) is 69.9. The molecule has 0 fully saturated rings. The Hall–Kier alpha value is -6.32. The fourth-order valence-corrected chi connectivity index (χ4v) is 7.03. The topological polar surface area (TPSA) is 377 Å². The van der Waals surface area contributed by atoms with Crippen LogP contribution in [0.25, 0.3) is 0 Å². The SMILES string of the molecule is COCCOCCOCCOCCOCCOCCOCCOCCOCCOCCOCCOCCNC(=O)c1ccc(C(=O)NCCN(CCNC(=O)c2cc(C)[nH]c(=O)c2O)CCNC(=O)c2cc(C)[nH]c(=O)c2O)c(O)c1O. The minimum absolute atomic E-state index is 0.00678. The van der Waals surface area contributed by atoms with Crippen LogP contribution in [-0.2, 0) is 56.8 Å². The van der Waals surface area contributed by atoms with Crippen molar-refractivity contribution in [2.24, 2.45) is 0 Å². The number of aromatic hydroxyl groups is 4. The maximum Gasteiger partial charge on any atom is 0.291 e. The van der Waals surface area contributed by atoms with Gasteiger partial charge in [0, 0.05) is 64.3 Å². The van der Waals surface area contributed by atoms with Crippen molar-refractivity contribution in [3.05, 3.63) is 78.6 Å². The number of aromatic nitrogens is 2. The third-order valence-electron chi connectivity index (χ3n) is 11.2. The minimum atomic E-state index is -0.832. The number of pyridine rings is 2. The zero-order valence-electron chi connectivity index (χ0n) is 47.1. The number of phenols is 2. The molecule has 0 aliphatic rings. The summed E-state index contributed by atoms with van der Waals surface area (Å²) in [4.78, 5) is 82.0. The number of hydrogen-bond donors (Lipinski definition) is 10. The van der Waals surface area contributed by atoms with E-state index in [1.54, 1.807) is 25.9 Å². The fraction of sp³-hybridized carbons (Fsp3) is 0.623. The van der Waals surface area contributed by atoms with E-state index in [2.05, 4.69) is 31.2 Å². The normalized spacial score (nSPS) is 11.3. The molecule has 0 aliphatic carbocycles. The summed E-state index contributed by atoms with van der Waals surface area (Å²) in [7, 11) is 1.63. The lowest BCUT2D eigenvalue weighted by Gasteiger charge is -2.23. The molecule has 0 aliphatic heterocycles. The summed E-state index contributed by atoms with van der Waals surface area (Å²) >= 11 is 0. The van der Waals surface area contributed by atoms with Gasteiger partial charge in [-0.05, 0) is 38.1 Å². The Bertz CT molecular complexity index is 2340. The third kappa shape index (κ3) is 29.6. The molecule has 82 heavy (non-hydrogen) atoms. The quantitative estimate of drug-likeness (QED) is 0.0238. The number of carbonyl (C=O) groups excluding carboxylic acids is 4. The van der Waals surface area contributed by atoms with Crippen molar-refractivity contribution in [3.8, 4) is 23.0 Å². The summed E-state index contributed by atoms with van der Waals surface area (Å²) in [6, 6.07) is 4.97. The minimum Gasteiger partial charge on any atom is -0.504 e. The highest BCUT2D eigenvalue weighted by Crippen LogP contribution is 2.32. The molecule has 2 heterocycles. The second-order valence-electron chi connectivity index (χ2n) is 17.5. The first-order valence-electron chi connectivity index (χ1n) is 26.8. The largest absolute Gasteiger partial charge is 0.504 e. The number of methoxy groups -OCH3 is 1. The number of aryl methyl sites for hydroxylation is 2. The van der Waals surface area contributed by atoms with Gasteiger partial charge in [-0.15, -0.1) is 0 Å². The number of nitrogens with zero attached hydrogens (tertiary/aromatic N) is 1. The molecule has 0 bridgehead atoms. The van der Waals surface area contributed by atoms with Gasteiger partial charge in [0.15, 0.2) is 23.0 Å². The Balaban J connectivity index is 1.18. The summed E-state index contributed by atoms with van der Waals surface area (Å²) in [5, 5.41) is 52.0. The van der Waals surface area contributed by atoms with Gasteiger partial charge in [0.2, 0.25) is 0 Å². The van der Waals surface area contributed by atoms with Gasteiger partial charge in [-0.25, -0.2) is 0 Å². The van der Waals surface area contributed by atoms with E-state index in [-0.39, 0.29) is 87.9 Å². The molecule has 0 radical (unpaired) electrons. The predicted octanol–water partition coefficient (Wildman–Crippen LogP) is -1.05. The van der Waals surface area contributed by atoms with Crippen LogP contribution >= 0.6 is 0 Å². The molecule has 10 N–H and O–H groups in total. The van der Waals surface area contributed by atoms with E-state index in [4.69, 9.17) is 56.8 Å². The van der Waals surface area contributed by atoms with Gasteiger partial charge in [-0.1, -0.05) is 0 Å². The monoisotopic (exact) mass is 1170 g/mol. The van der Waals surface area contributed by atoms with Crippen molar-refractivity contribution in [2.45, 2.75) is 13.8 Å². The maximum absolute atomic E-state index is 13.1. The molecule has 0 unspecified atom stereocenters. The molecule has 462 valence electrons. The molecule has 3 rings (SSSR count). The number of H-pyrrole nitrogens is 2. The van der Waals surface area contributed by atoms with Gasteiger partial charge < -0.3 is 109 Å². The molecule has 0 saturated carbocycles. The molecule has 29 nitrogen and oxygen atoms in total. The van der Waals surface area contributed by atoms with Crippen LogP contribution in [0.3, 0.4) is 0 Å². The van der Waals surface area contributed by atoms with E-state index in [0.717, 1.165) is 0 Å². The Morgan fingerprint density at radius 3 is 0.902 bits per heavy atom. The van der Waals surface area contributed by atoms with Crippen LogP contribution in [0.15, 0.2) is 33.9 Å². The number of aromatic amines is 2. The number of benzene rings is 1. The lowest BCUT2D eigenvalue weighted by molar-refractivity contribution is -0.0279. The van der Waals surface area contributed by atoms with Crippen LogP contribution in [0.2, 0.25) is 0 Å². The fourth-order valence-electron chi connectivity index (χ4n) is 7.03. The molecule has 1 aromatic carbocycles. The van der Waals surface area contributed by atoms with Crippen LogP contribution in [0.1, 0.15) is 52.8 Å². The number of nitrogens with one attached hydrogen (secondary N) is 6. The molecule has 0 saturated heterocycles. The van der Waals surface area contributed by atoms with Crippen LogP contribution < -0.4 is 32.4 Å². The van der Waals surface area contributed by atoms with Crippen molar-refractivity contribution in [1.29, 1.82) is 0 Å². The van der Waals surface area contributed by atoms with E-state index in [1.807, 2.05) is 0 Å². The molecule has 0 atom stereocenters. The van der Waals surface area contributed by atoms with Crippen molar-refractivity contribution < 1.29 is 96.4 Å². The van der Waals surface area contributed by atoms with E-state index in [0.29, 0.717) is 144 Å². The van der Waals surface area contributed by atoms with Gasteiger partial charge in [0.05, 0.1) is 174 Å². The molecule has 0 spiro atoms. The van der Waals surface area contributed by atoms with Gasteiger partial charge in [0.1, 0.15) is 0 Å². The number of carbonyl (C=O) groups is 4. The van der Waals surface area contributed by atoms with Crippen LogP contribution in [0, 0.1) is 13.8 Å². The van der Waals surface area contributed by atoms with Gasteiger partial charge >= 0.3 is 0 Å². The third-order valence-corrected chi connectivity index (χ3v) is 11.2. The van der Waals surface area contributed by atoms with Crippen molar-refractivity contribution in [3.63, 3.8) is 0 Å². The number of phenolic OH excluding ortho intramolecular Hbond substituents is 2. The van der Waals surface area contributed by atoms with E-state index >= 15 is 0 Å². The van der Waals surface area contributed by atoms with E-state index < -0.39 is 57.7 Å². The number of amides is 4. The number of ether oxygens (including phenoxy) is 12. The Morgan fingerprint density at radius 2 is 0.622 bits per heavy atom. The summed E-state index contributed by atoms with van der Waals surface area (Å²) in [6.45, 7) is 13.3. The molecule has 4 amide bonds. The van der Waals surface area contributed by atoms with E-state index in [1.165, 1.54) is 24.3 Å². The summed E-state index contributed by atoms with van der Waals surface area (Å²) in [5.41, 5.74) is -2.04. The first-order valence-corrected chi connectivity index (χ1v) is 26.8. The second-order valence-corrected chi connectivity index (χ2v) is 17.5. The number of rotatable bonds is 49. The zero-order valence-corrected chi connectivity index (χ0v) is 47.1. The van der Waals surface area contributed by atoms with Gasteiger partial charge in [-0.3, -0.25) is 33.7 Å². The lowest BCUT2D eigenvalue weighted by Crippen LogP contribution is -2.43. The van der Waals surface area contributed by atoms with Crippen LogP contribution in [-0.4, -0.2) is 264 Å². The highest BCUT2D eigenvalue weighted by atomic mass is 16.6. The van der Waals surface area contributed by atoms with Crippen LogP contribution in [0.4, 0.5) is 0 Å². The predicted molar refractivity (Wildman–Crippen MR) is 293 cm³/mol. The summed E-state index contributed by atoms with van der Waals surface area (Å²) < 4.78 is 64.9. The average molecular weight is 1170 g/mol. The summed E-state index contributed by atoms with van der Waals surface area (Å²) in [5.74, 6) is -6.12. The maximum atomic E-state index is 13.1. The van der Waals surface area contributed by atoms with Crippen molar-refractivity contribution >= 4 is 23.6 Å². The molecule has 3 aromatic rings. The number of hydrogen-bond acceptors (Lipinski definition) is 23. The molecular weight excluding hydrogens is 1090 g/mol. The smallest absolute Gasteiger partial charge is 0.291 e. The average Bonchev–Trinajstić information content (AvgIpc) is 3.66. The molecule has 2 aromatic heterocycles. The van der Waals surface area contributed by atoms with E-state index in [9.17, 15) is 49.2 Å². The van der Waals surface area contributed by atoms with Crippen LogP contribution in [0.5, 0.6) is 23.0 Å². The van der Waals surface area contributed by atoms with Crippen molar-refractivity contribution in [1.82, 2.24) is 36.1 Å². The zero-order chi connectivity index (χ0) is 59.6. The van der Waals surface area contributed by atoms with Crippen molar-refractivity contribution in [2.75, 3.05) is 205 Å². The lowest BCUT2D eigenvalue weighted by atomic mass is 10.1.